The Kier molecular flexibility index (Phi) is 4.33. The number of anilines is 1. The lowest BCUT2D eigenvalue weighted by Crippen LogP contribution is -2.39. The van der Waals surface area contributed by atoms with E-state index in [0.717, 1.165) is 31.7 Å². The molecule has 0 atom stereocenters. The molecule has 1 amide bonds. The average Bonchev–Trinajstić information content (AvgIpc) is 2.46. The Morgan fingerprint density at radius 2 is 2.28 bits per heavy atom. The lowest BCUT2D eigenvalue weighted by Gasteiger charge is -2.32. The van der Waals surface area contributed by atoms with Crippen LogP contribution in [0.3, 0.4) is 0 Å². The van der Waals surface area contributed by atoms with Crippen molar-refractivity contribution in [1.29, 1.82) is 0 Å². The maximum absolute atomic E-state index is 11.0. The molecule has 1 aliphatic heterocycles. The molecule has 1 aliphatic rings. The van der Waals surface area contributed by atoms with Crippen LogP contribution in [0.1, 0.15) is 12.8 Å². The Morgan fingerprint density at radius 1 is 1.50 bits per heavy atom. The first-order valence-electron chi connectivity index (χ1n) is 6.12. The molecule has 1 fully saturated rings. The summed E-state index contributed by atoms with van der Waals surface area (Å²) in [6.45, 7) is 2.58. The summed E-state index contributed by atoms with van der Waals surface area (Å²) in [6, 6.07) is 0. The summed E-state index contributed by atoms with van der Waals surface area (Å²) < 4.78 is 4.55. The van der Waals surface area contributed by atoms with Crippen LogP contribution in [0.5, 0.6) is 0 Å². The van der Waals surface area contributed by atoms with Crippen molar-refractivity contribution in [3.05, 3.63) is 18.6 Å². The third-order valence-corrected chi connectivity index (χ3v) is 3.21. The second-order valence-corrected chi connectivity index (χ2v) is 4.37. The second-order valence-electron chi connectivity index (χ2n) is 4.37. The van der Waals surface area contributed by atoms with Gasteiger partial charge in [0.1, 0.15) is 5.82 Å². The molecule has 1 aromatic rings. The molecule has 6 heteroatoms. The van der Waals surface area contributed by atoms with Crippen LogP contribution in [0.15, 0.2) is 18.6 Å². The molecule has 0 saturated carbocycles. The maximum atomic E-state index is 11.0. The van der Waals surface area contributed by atoms with Crippen molar-refractivity contribution in [3.63, 3.8) is 0 Å². The van der Waals surface area contributed by atoms with Crippen molar-refractivity contribution in [2.24, 2.45) is 5.92 Å². The number of nitrogens with zero attached hydrogens (tertiary/aromatic N) is 3. The number of amides is 1. The zero-order valence-electron chi connectivity index (χ0n) is 10.5. The topological polar surface area (TPSA) is 67.3 Å². The molecule has 0 unspecified atom stereocenters. The Hall–Kier alpha value is -1.85. The number of alkyl carbamates (subject to hydrolysis) is 1. The minimum atomic E-state index is -0.355. The smallest absolute Gasteiger partial charge is 0.406 e. The molecule has 0 aromatic carbocycles. The van der Waals surface area contributed by atoms with Gasteiger partial charge < -0.3 is 15.0 Å². The first-order valence-corrected chi connectivity index (χ1v) is 6.12. The highest BCUT2D eigenvalue weighted by atomic mass is 16.5. The fraction of sp³-hybridized carbons (Fsp3) is 0.583. The molecular formula is C12H18N4O2. The summed E-state index contributed by atoms with van der Waals surface area (Å²) >= 11 is 0. The van der Waals surface area contributed by atoms with Crippen molar-refractivity contribution in [1.82, 2.24) is 15.3 Å². The van der Waals surface area contributed by atoms with E-state index in [2.05, 4.69) is 24.9 Å². The number of hydrogen-bond donors (Lipinski definition) is 1. The number of ether oxygens (including phenoxy) is 1. The number of hydrogen-bond acceptors (Lipinski definition) is 5. The van der Waals surface area contributed by atoms with Crippen molar-refractivity contribution >= 4 is 11.9 Å². The molecule has 0 bridgehead atoms. The van der Waals surface area contributed by atoms with Crippen LogP contribution in [-0.2, 0) is 4.74 Å². The molecule has 18 heavy (non-hydrogen) atoms. The molecule has 0 radical (unpaired) electrons. The highest BCUT2D eigenvalue weighted by Gasteiger charge is 2.20. The molecule has 2 rings (SSSR count). The molecule has 1 aromatic heterocycles. The molecule has 0 aliphatic carbocycles. The summed E-state index contributed by atoms with van der Waals surface area (Å²) in [7, 11) is 1.38. The number of nitrogens with one attached hydrogen (secondary N) is 1. The fourth-order valence-electron chi connectivity index (χ4n) is 2.12. The van der Waals surface area contributed by atoms with Crippen LogP contribution in [-0.4, -0.2) is 42.8 Å². The number of rotatable bonds is 3. The van der Waals surface area contributed by atoms with Crippen LogP contribution in [0, 0.1) is 5.92 Å². The lowest BCUT2D eigenvalue weighted by molar-refractivity contribution is 0.168. The highest BCUT2D eigenvalue weighted by Crippen LogP contribution is 2.20. The van der Waals surface area contributed by atoms with E-state index in [1.54, 1.807) is 18.6 Å². The van der Waals surface area contributed by atoms with E-state index in [0.29, 0.717) is 12.5 Å². The quantitative estimate of drug-likeness (QED) is 0.868. The zero-order chi connectivity index (χ0) is 12.8. The number of methoxy groups -OCH3 is 1. The van der Waals surface area contributed by atoms with Crippen LogP contribution < -0.4 is 10.2 Å². The molecule has 1 N–H and O–H groups in total. The van der Waals surface area contributed by atoms with Gasteiger partial charge in [-0.25, -0.2) is 9.78 Å². The van der Waals surface area contributed by atoms with E-state index in [-0.39, 0.29) is 6.09 Å². The molecule has 0 spiro atoms. The molecule has 6 nitrogen and oxygen atoms in total. The van der Waals surface area contributed by atoms with Gasteiger partial charge in [0.25, 0.3) is 0 Å². The van der Waals surface area contributed by atoms with Crippen molar-refractivity contribution in [2.75, 3.05) is 31.6 Å². The summed E-state index contributed by atoms with van der Waals surface area (Å²) in [5.74, 6) is 1.44. The van der Waals surface area contributed by atoms with Gasteiger partial charge in [-0.05, 0) is 18.8 Å². The lowest BCUT2D eigenvalue weighted by atomic mass is 9.97. The van der Waals surface area contributed by atoms with Gasteiger partial charge >= 0.3 is 6.09 Å². The van der Waals surface area contributed by atoms with Gasteiger partial charge in [0, 0.05) is 32.0 Å². The van der Waals surface area contributed by atoms with Gasteiger partial charge in [-0.1, -0.05) is 0 Å². The molecular weight excluding hydrogens is 232 g/mol. The third-order valence-electron chi connectivity index (χ3n) is 3.21. The second kappa shape index (κ2) is 6.18. The van der Waals surface area contributed by atoms with E-state index in [9.17, 15) is 4.79 Å². The summed E-state index contributed by atoms with van der Waals surface area (Å²) in [5.41, 5.74) is 0. The predicted octanol–water partition coefficient (Wildman–Crippen LogP) is 1.05. The van der Waals surface area contributed by atoms with Crippen LogP contribution in [0.25, 0.3) is 0 Å². The van der Waals surface area contributed by atoms with E-state index >= 15 is 0 Å². The van der Waals surface area contributed by atoms with Crippen molar-refractivity contribution in [3.8, 4) is 0 Å². The number of carbonyl (C=O) groups excluding carboxylic acids is 1. The Bertz CT molecular complexity index is 377. The number of carbonyl (C=O) groups is 1. The standard InChI is InChI=1S/C12H18N4O2/c1-18-12(17)15-8-10-2-6-16(7-3-10)11-9-13-4-5-14-11/h4-5,9-10H,2-3,6-8H2,1H3,(H,15,17). The van der Waals surface area contributed by atoms with Crippen LogP contribution in [0.2, 0.25) is 0 Å². The minimum absolute atomic E-state index is 0.355. The first-order chi connectivity index (χ1) is 8.79. The van der Waals surface area contributed by atoms with Gasteiger partial charge in [-0.15, -0.1) is 0 Å². The Morgan fingerprint density at radius 3 is 2.89 bits per heavy atom. The largest absolute Gasteiger partial charge is 0.453 e. The predicted molar refractivity (Wildman–Crippen MR) is 67.4 cm³/mol. The van der Waals surface area contributed by atoms with E-state index in [1.807, 2.05) is 0 Å². The van der Waals surface area contributed by atoms with Gasteiger partial charge in [0.15, 0.2) is 0 Å². The fourth-order valence-corrected chi connectivity index (χ4v) is 2.12. The third kappa shape index (κ3) is 3.32. The van der Waals surface area contributed by atoms with Crippen molar-refractivity contribution < 1.29 is 9.53 Å². The van der Waals surface area contributed by atoms with Crippen molar-refractivity contribution in [2.45, 2.75) is 12.8 Å². The number of aromatic nitrogens is 2. The molecule has 98 valence electrons. The van der Waals surface area contributed by atoms with E-state index in [1.165, 1.54) is 7.11 Å². The van der Waals surface area contributed by atoms with Gasteiger partial charge in [-0.2, -0.15) is 0 Å². The van der Waals surface area contributed by atoms with Crippen LogP contribution in [0.4, 0.5) is 10.6 Å². The molecule has 1 saturated heterocycles. The Labute approximate surface area is 106 Å². The average molecular weight is 250 g/mol. The van der Waals surface area contributed by atoms with Gasteiger partial charge in [-0.3, -0.25) is 4.98 Å². The SMILES string of the molecule is COC(=O)NCC1CCN(c2cnccn2)CC1. The Balaban J connectivity index is 1.76. The van der Waals surface area contributed by atoms with Crippen LogP contribution >= 0.6 is 0 Å². The zero-order valence-corrected chi connectivity index (χ0v) is 10.5. The van der Waals surface area contributed by atoms with E-state index < -0.39 is 0 Å². The minimum Gasteiger partial charge on any atom is -0.453 e. The number of piperidine rings is 1. The normalized spacial score (nSPS) is 16.4. The highest BCUT2D eigenvalue weighted by molar-refractivity contribution is 5.66. The molecule has 2 heterocycles. The summed E-state index contributed by atoms with van der Waals surface area (Å²) in [5, 5.41) is 2.75. The first kappa shape index (κ1) is 12.6. The maximum Gasteiger partial charge on any atom is 0.406 e. The van der Waals surface area contributed by atoms with Gasteiger partial charge in [0.05, 0.1) is 13.3 Å². The monoisotopic (exact) mass is 250 g/mol. The van der Waals surface area contributed by atoms with Gasteiger partial charge in [0.2, 0.25) is 0 Å². The summed E-state index contributed by atoms with van der Waals surface area (Å²) in [4.78, 5) is 21.6. The van der Waals surface area contributed by atoms with E-state index in [4.69, 9.17) is 0 Å². The summed E-state index contributed by atoms with van der Waals surface area (Å²) in [6.07, 6.45) is 6.90.